The van der Waals surface area contributed by atoms with Crippen molar-refractivity contribution in [3.05, 3.63) is 41.2 Å². The molecular formula is C14H17FN4S. The molecule has 2 aromatic rings. The van der Waals surface area contributed by atoms with Crippen LogP contribution in [0, 0.1) is 5.82 Å². The van der Waals surface area contributed by atoms with Gasteiger partial charge in [0, 0.05) is 49.5 Å². The standard InChI is InChI=1S/C14H17FN4S/c15-11-1-3-12(4-2-11)19-7-5-18(6-8-19)10-13-9-17-14(16)20-13/h1-4,9H,5-8,10H2,(H2,16,17). The Morgan fingerprint density at radius 3 is 2.45 bits per heavy atom. The Hall–Kier alpha value is -1.66. The summed E-state index contributed by atoms with van der Waals surface area (Å²) in [6.07, 6.45) is 1.85. The van der Waals surface area contributed by atoms with Crippen LogP contribution in [-0.2, 0) is 6.54 Å². The van der Waals surface area contributed by atoms with Gasteiger partial charge < -0.3 is 10.6 Å². The number of thiazole rings is 1. The monoisotopic (exact) mass is 292 g/mol. The maximum atomic E-state index is 12.9. The van der Waals surface area contributed by atoms with Gasteiger partial charge in [-0.2, -0.15) is 0 Å². The van der Waals surface area contributed by atoms with E-state index in [4.69, 9.17) is 5.73 Å². The van der Waals surface area contributed by atoms with E-state index in [1.54, 1.807) is 11.3 Å². The summed E-state index contributed by atoms with van der Waals surface area (Å²) in [6.45, 7) is 4.82. The summed E-state index contributed by atoms with van der Waals surface area (Å²) in [5.74, 6) is -0.185. The van der Waals surface area contributed by atoms with Crippen LogP contribution in [0.15, 0.2) is 30.5 Å². The second-order valence-corrected chi connectivity index (χ2v) is 6.05. The van der Waals surface area contributed by atoms with Gasteiger partial charge in [0.15, 0.2) is 5.13 Å². The molecule has 1 aromatic carbocycles. The maximum absolute atomic E-state index is 12.9. The average molecular weight is 292 g/mol. The molecule has 0 bridgehead atoms. The number of piperazine rings is 1. The zero-order chi connectivity index (χ0) is 13.9. The lowest BCUT2D eigenvalue weighted by Crippen LogP contribution is -2.45. The molecule has 1 aliphatic heterocycles. The van der Waals surface area contributed by atoms with E-state index in [2.05, 4.69) is 14.8 Å². The summed E-state index contributed by atoms with van der Waals surface area (Å²) in [5, 5.41) is 0.630. The molecule has 0 amide bonds. The van der Waals surface area contributed by atoms with Crippen LogP contribution >= 0.6 is 11.3 Å². The molecule has 0 atom stereocenters. The minimum absolute atomic E-state index is 0.185. The SMILES string of the molecule is Nc1ncc(CN2CCN(c3ccc(F)cc3)CC2)s1. The van der Waals surface area contributed by atoms with E-state index in [0.717, 1.165) is 38.4 Å². The highest BCUT2D eigenvalue weighted by atomic mass is 32.1. The molecule has 20 heavy (non-hydrogen) atoms. The van der Waals surface area contributed by atoms with Crippen LogP contribution in [-0.4, -0.2) is 36.1 Å². The van der Waals surface area contributed by atoms with E-state index in [1.807, 2.05) is 18.3 Å². The van der Waals surface area contributed by atoms with Crippen molar-refractivity contribution in [3.63, 3.8) is 0 Å². The highest BCUT2D eigenvalue weighted by Gasteiger charge is 2.17. The molecule has 0 aliphatic carbocycles. The molecule has 0 spiro atoms. The molecule has 1 aromatic heterocycles. The molecule has 0 saturated carbocycles. The Bertz CT molecular complexity index is 561. The second-order valence-electron chi connectivity index (χ2n) is 4.90. The van der Waals surface area contributed by atoms with Crippen molar-refractivity contribution in [3.8, 4) is 0 Å². The van der Waals surface area contributed by atoms with Crippen LogP contribution < -0.4 is 10.6 Å². The van der Waals surface area contributed by atoms with Crippen molar-refractivity contribution in [2.45, 2.75) is 6.54 Å². The van der Waals surface area contributed by atoms with Gasteiger partial charge in [0.25, 0.3) is 0 Å². The van der Waals surface area contributed by atoms with Crippen molar-refractivity contribution < 1.29 is 4.39 Å². The zero-order valence-electron chi connectivity index (χ0n) is 11.1. The van der Waals surface area contributed by atoms with Crippen molar-refractivity contribution in [1.29, 1.82) is 0 Å². The zero-order valence-corrected chi connectivity index (χ0v) is 11.9. The number of anilines is 2. The largest absolute Gasteiger partial charge is 0.375 e. The van der Waals surface area contributed by atoms with Gasteiger partial charge in [-0.25, -0.2) is 9.37 Å². The molecule has 1 saturated heterocycles. The fourth-order valence-electron chi connectivity index (χ4n) is 2.43. The van der Waals surface area contributed by atoms with Crippen LogP contribution in [0.25, 0.3) is 0 Å². The summed E-state index contributed by atoms with van der Waals surface area (Å²) in [4.78, 5) is 9.97. The van der Waals surface area contributed by atoms with E-state index < -0.39 is 0 Å². The number of aromatic nitrogens is 1. The third kappa shape index (κ3) is 3.08. The molecule has 2 N–H and O–H groups in total. The Morgan fingerprint density at radius 1 is 1.15 bits per heavy atom. The number of hydrogen-bond donors (Lipinski definition) is 1. The van der Waals surface area contributed by atoms with E-state index >= 15 is 0 Å². The fraction of sp³-hybridized carbons (Fsp3) is 0.357. The number of nitrogen functional groups attached to an aromatic ring is 1. The first kappa shape index (κ1) is 13.3. The molecule has 3 rings (SSSR count). The predicted octanol–water partition coefficient (Wildman–Crippen LogP) is 2.19. The minimum atomic E-state index is -0.185. The molecule has 1 aliphatic rings. The molecule has 6 heteroatoms. The number of benzene rings is 1. The van der Waals surface area contributed by atoms with Gasteiger partial charge in [0.1, 0.15) is 5.82 Å². The highest BCUT2D eigenvalue weighted by Crippen LogP contribution is 2.20. The number of rotatable bonds is 3. The second kappa shape index (κ2) is 5.76. The van der Waals surface area contributed by atoms with Crippen LogP contribution in [0.3, 0.4) is 0 Å². The van der Waals surface area contributed by atoms with Gasteiger partial charge in [-0.3, -0.25) is 4.90 Å². The fourth-order valence-corrected chi connectivity index (χ4v) is 3.16. The lowest BCUT2D eigenvalue weighted by Gasteiger charge is -2.35. The third-order valence-electron chi connectivity index (χ3n) is 3.51. The predicted molar refractivity (Wildman–Crippen MR) is 80.4 cm³/mol. The molecule has 0 unspecified atom stereocenters. The quantitative estimate of drug-likeness (QED) is 0.942. The smallest absolute Gasteiger partial charge is 0.180 e. The summed E-state index contributed by atoms with van der Waals surface area (Å²) in [6, 6.07) is 6.72. The molecule has 106 valence electrons. The Balaban J connectivity index is 1.55. The molecule has 1 fully saturated rings. The van der Waals surface area contributed by atoms with E-state index in [0.29, 0.717) is 5.13 Å². The van der Waals surface area contributed by atoms with Crippen LogP contribution in [0.5, 0.6) is 0 Å². The Morgan fingerprint density at radius 2 is 1.85 bits per heavy atom. The number of nitrogens with zero attached hydrogens (tertiary/aromatic N) is 3. The first-order valence-electron chi connectivity index (χ1n) is 6.64. The normalized spacial score (nSPS) is 16.6. The summed E-state index contributed by atoms with van der Waals surface area (Å²) < 4.78 is 12.9. The lowest BCUT2D eigenvalue weighted by atomic mass is 10.2. The topological polar surface area (TPSA) is 45.4 Å². The van der Waals surface area contributed by atoms with Crippen molar-refractivity contribution in [2.24, 2.45) is 0 Å². The van der Waals surface area contributed by atoms with Crippen LogP contribution in [0.2, 0.25) is 0 Å². The van der Waals surface area contributed by atoms with Gasteiger partial charge in [-0.05, 0) is 24.3 Å². The van der Waals surface area contributed by atoms with Crippen molar-refractivity contribution in [2.75, 3.05) is 36.8 Å². The summed E-state index contributed by atoms with van der Waals surface area (Å²) in [5.41, 5.74) is 6.73. The Kier molecular flexibility index (Phi) is 3.84. The van der Waals surface area contributed by atoms with Gasteiger partial charge >= 0.3 is 0 Å². The first-order chi connectivity index (χ1) is 9.70. The molecule has 0 radical (unpaired) electrons. The van der Waals surface area contributed by atoms with Crippen LogP contribution in [0.4, 0.5) is 15.2 Å². The highest BCUT2D eigenvalue weighted by molar-refractivity contribution is 7.15. The van der Waals surface area contributed by atoms with E-state index in [1.165, 1.54) is 17.0 Å². The third-order valence-corrected chi connectivity index (χ3v) is 4.33. The van der Waals surface area contributed by atoms with Gasteiger partial charge in [-0.1, -0.05) is 0 Å². The Labute approximate surface area is 121 Å². The van der Waals surface area contributed by atoms with Crippen molar-refractivity contribution in [1.82, 2.24) is 9.88 Å². The maximum Gasteiger partial charge on any atom is 0.180 e. The minimum Gasteiger partial charge on any atom is -0.375 e. The summed E-state index contributed by atoms with van der Waals surface area (Å²) in [7, 11) is 0. The number of nitrogens with two attached hydrogens (primary N) is 1. The average Bonchev–Trinajstić information content (AvgIpc) is 2.86. The van der Waals surface area contributed by atoms with Gasteiger partial charge in [0.2, 0.25) is 0 Å². The molecule has 2 heterocycles. The number of halogens is 1. The van der Waals surface area contributed by atoms with Crippen molar-refractivity contribution >= 4 is 22.2 Å². The van der Waals surface area contributed by atoms with Gasteiger partial charge in [0.05, 0.1) is 0 Å². The van der Waals surface area contributed by atoms with Gasteiger partial charge in [-0.15, -0.1) is 11.3 Å². The molecular weight excluding hydrogens is 275 g/mol. The van der Waals surface area contributed by atoms with Crippen LogP contribution in [0.1, 0.15) is 4.88 Å². The number of hydrogen-bond acceptors (Lipinski definition) is 5. The summed E-state index contributed by atoms with van der Waals surface area (Å²) >= 11 is 1.55. The lowest BCUT2D eigenvalue weighted by molar-refractivity contribution is 0.252. The van der Waals surface area contributed by atoms with E-state index in [-0.39, 0.29) is 5.82 Å². The van der Waals surface area contributed by atoms with E-state index in [9.17, 15) is 4.39 Å². The molecule has 4 nitrogen and oxygen atoms in total. The first-order valence-corrected chi connectivity index (χ1v) is 7.45.